The van der Waals surface area contributed by atoms with Crippen molar-refractivity contribution in [2.24, 2.45) is 0 Å². The van der Waals surface area contributed by atoms with E-state index in [0.29, 0.717) is 16.7 Å². The Morgan fingerprint density at radius 3 is 2.36 bits per heavy atom. The Bertz CT molecular complexity index is 768. The third-order valence-corrected chi connectivity index (χ3v) is 4.09. The number of hydrogen-bond donors (Lipinski definition) is 1. The smallest absolute Gasteiger partial charge is 0.304 e. The van der Waals surface area contributed by atoms with Gasteiger partial charge in [-0.1, -0.05) is 12.1 Å². The topological polar surface area (TPSA) is 54.4 Å². The molecule has 3 rings (SSSR count). The van der Waals surface area contributed by atoms with E-state index in [2.05, 4.69) is 0 Å². The Morgan fingerprint density at radius 1 is 1.09 bits per heavy atom. The second-order valence-electron chi connectivity index (χ2n) is 5.47. The van der Waals surface area contributed by atoms with Crippen LogP contribution in [0.4, 0.5) is 8.78 Å². The van der Waals surface area contributed by atoms with Gasteiger partial charge in [-0.2, -0.15) is 0 Å². The number of carboxylic acids is 1. The number of hydrogen-bond acceptors (Lipinski definition) is 2. The number of benzene rings is 2. The molecule has 0 fully saturated rings. The average Bonchev–Trinajstić information content (AvgIpc) is 2.72. The van der Waals surface area contributed by atoms with Crippen molar-refractivity contribution in [2.45, 2.75) is 18.3 Å². The monoisotopic (exact) mass is 302 g/mol. The Morgan fingerprint density at radius 2 is 1.73 bits per heavy atom. The highest BCUT2D eigenvalue weighted by Gasteiger charge is 2.48. The van der Waals surface area contributed by atoms with Crippen LogP contribution in [-0.2, 0) is 16.6 Å². The predicted molar refractivity (Wildman–Crippen MR) is 74.8 cm³/mol. The molecule has 0 aliphatic heterocycles. The summed E-state index contributed by atoms with van der Waals surface area (Å²) in [5.41, 5.74) is -0.0733. The van der Waals surface area contributed by atoms with Crippen molar-refractivity contribution in [2.75, 3.05) is 0 Å². The predicted octanol–water partition coefficient (Wildman–Crippen LogP) is 3.12. The Kier molecular flexibility index (Phi) is 3.28. The molecule has 1 aliphatic rings. The van der Waals surface area contributed by atoms with Gasteiger partial charge in [0.05, 0.1) is 11.8 Å². The number of carbonyl (C=O) groups is 2. The standard InChI is InChI=1S/C17H12F2O3/c18-12-3-1-11(2-4-12)17(9-15(20)21)8-10-7-13(19)5-6-14(10)16(17)22/h1-7H,8-9H2,(H,20,21). The molecule has 0 saturated carbocycles. The maximum Gasteiger partial charge on any atom is 0.304 e. The molecule has 5 heteroatoms. The SMILES string of the molecule is O=C(O)CC1(c2ccc(F)cc2)Cc2cc(F)ccc2C1=O. The summed E-state index contributed by atoms with van der Waals surface area (Å²) in [6.45, 7) is 0. The summed E-state index contributed by atoms with van der Waals surface area (Å²) in [5, 5.41) is 9.21. The molecule has 2 aromatic carbocycles. The Hall–Kier alpha value is -2.56. The van der Waals surface area contributed by atoms with Gasteiger partial charge in [-0.3, -0.25) is 9.59 Å². The normalized spacial score (nSPS) is 20.0. The largest absolute Gasteiger partial charge is 0.481 e. The molecular weight excluding hydrogens is 290 g/mol. The molecule has 1 N–H and O–H groups in total. The minimum Gasteiger partial charge on any atom is -0.481 e. The number of rotatable bonds is 3. The third-order valence-electron chi connectivity index (χ3n) is 4.09. The van der Waals surface area contributed by atoms with Gasteiger partial charge >= 0.3 is 5.97 Å². The molecule has 1 atom stereocenters. The second kappa shape index (κ2) is 5.02. The van der Waals surface area contributed by atoms with E-state index in [1.807, 2.05) is 0 Å². The molecule has 3 nitrogen and oxygen atoms in total. The number of aliphatic carboxylic acids is 1. The minimum absolute atomic E-state index is 0.0941. The number of Topliss-reactive ketones (excluding diaryl/α,β-unsaturated/α-hetero) is 1. The van der Waals surface area contributed by atoms with Crippen molar-refractivity contribution < 1.29 is 23.5 Å². The van der Waals surface area contributed by atoms with Gasteiger partial charge in [0, 0.05) is 5.56 Å². The van der Waals surface area contributed by atoms with Crippen LogP contribution in [-0.4, -0.2) is 16.9 Å². The number of fused-ring (bicyclic) bond motifs is 1. The lowest BCUT2D eigenvalue weighted by molar-refractivity contribution is -0.138. The number of carboxylic acid groups (broad SMARTS) is 1. The van der Waals surface area contributed by atoms with Gasteiger partial charge in [-0.25, -0.2) is 8.78 Å². The van der Waals surface area contributed by atoms with Gasteiger partial charge in [0.1, 0.15) is 11.6 Å². The van der Waals surface area contributed by atoms with Crippen molar-refractivity contribution >= 4 is 11.8 Å². The van der Waals surface area contributed by atoms with Gasteiger partial charge in [0.2, 0.25) is 0 Å². The molecule has 0 amide bonds. The molecule has 0 bridgehead atoms. The van der Waals surface area contributed by atoms with Crippen LogP contribution < -0.4 is 0 Å². The fraction of sp³-hybridized carbons (Fsp3) is 0.176. The molecule has 2 aromatic rings. The highest BCUT2D eigenvalue weighted by atomic mass is 19.1. The summed E-state index contributed by atoms with van der Waals surface area (Å²) < 4.78 is 26.5. The molecule has 0 saturated heterocycles. The van der Waals surface area contributed by atoms with Gasteiger partial charge < -0.3 is 5.11 Å². The Balaban J connectivity index is 2.15. The van der Waals surface area contributed by atoms with Crippen LogP contribution in [0.15, 0.2) is 42.5 Å². The highest BCUT2D eigenvalue weighted by molar-refractivity contribution is 6.10. The van der Waals surface area contributed by atoms with Crippen molar-refractivity contribution in [3.05, 3.63) is 70.8 Å². The van der Waals surface area contributed by atoms with Crippen LogP contribution in [0.2, 0.25) is 0 Å². The fourth-order valence-corrected chi connectivity index (χ4v) is 3.10. The van der Waals surface area contributed by atoms with Gasteiger partial charge in [-0.15, -0.1) is 0 Å². The van der Waals surface area contributed by atoms with Crippen molar-refractivity contribution in [1.82, 2.24) is 0 Å². The van der Waals surface area contributed by atoms with E-state index in [0.717, 1.165) is 0 Å². The first-order chi connectivity index (χ1) is 10.4. The van der Waals surface area contributed by atoms with Crippen LogP contribution in [0.5, 0.6) is 0 Å². The fourth-order valence-electron chi connectivity index (χ4n) is 3.10. The van der Waals surface area contributed by atoms with Crippen LogP contribution in [0.25, 0.3) is 0 Å². The summed E-state index contributed by atoms with van der Waals surface area (Å²) in [5.74, 6) is -2.44. The highest BCUT2D eigenvalue weighted by Crippen LogP contribution is 2.42. The van der Waals surface area contributed by atoms with Crippen LogP contribution in [0, 0.1) is 11.6 Å². The third kappa shape index (κ3) is 2.19. The molecule has 22 heavy (non-hydrogen) atoms. The molecule has 0 aromatic heterocycles. The molecule has 1 unspecified atom stereocenters. The molecule has 1 aliphatic carbocycles. The van der Waals surface area contributed by atoms with Crippen LogP contribution in [0.3, 0.4) is 0 Å². The Labute approximate surface area is 125 Å². The lowest BCUT2D eigenvalue weighted by Crippen LogP contribution is -2.35. The van der Waals surface area contributed by atoms with E-state index in [1.54, 1.807) is 0 Å². The molecule has 0 spiro atoms. The number of halogens is 2. The lowest BCUT2D eigenvalue weighted by atomic mass is 9.74. The molecule has 0 radical (unpaired) electrons. The zero-order chi connectivity index (χ0) is 15.9. The molecule has 0 heterocycles. The molecular formula is C17H12F2O3. The van der Waals surface area contributed by atoms with E-state index in [4.69, 9.17) is 0 Å². The number of ketones is 1. The van der Waals surface area contributed by atoms with Crippen LogP contribution >= 0.6 is 0 Å². The lowest BCUT2D eigenvalue weighted by Gasteiger charge is -2.26. The summed E-state index contributed by atoms with van der Waals surface area (Å²) in [4.78, 5) is 24.0. The zero-order valence-electron chi connectivity index (χ0n) is 11.5. The van der Waals surface area contributed by atoms with Crippen molar-refractivity contribution in [3.63, 3.8) is 0 Å². The molecule has 112 valence electrons. The van der Waals surface area contributed by atoms with Crippen molar-refractivity contribution in [3.8, 4) is 0 Å². The first-order valence-corrected chi connectivity index (χ1v) is 6.73. The first kappa shape index (κ1) is 14.4. The van der Waals surface area contributed by atoms with Gasteiger partial charge in [-0.05, 0) is 47.9 Å². The van der Waals surface area contributed by atoms with Gasteiger partial charge in [0.25, 0.3) is 0 Å². The average molecular weight is 302 g/mol. The second-order valence-corrected chi connectivity index (χ2v) is 5.47. The maximum atomic E-state index is 13.4. The first-order valence-electron chi connectivity index (χ1n) is 6.73. The van der Waals surface area contributed by atoms with E-state index in [9.17, 15) is 23.5 Å². The van der Waals surface area contributed by atoms with E-state index >= 15 is 0 Å². The quantitative estimate of drug-likeness (QED) is 0.947. The van der Waals surface area contributed by atoms with Gasteiger partial charge in [0.15, 0.2) is 5.78 Å². The summed E-state index contributed by atoms with van der Waals surface area (Å²) in [6.07, 6.45) is -0.329. The summed E-state index contributed by atoms with van der Waals surface area (Å²) >= 11 is 0. The van der Waals surface area contributed by atoms with E-state index in [-0.39, 0.29) is 12.2 Å². The van der Waals surface area contributed by atoms with Crippen LogP contribution in [0.1, 0.15) is 27.9 Å². The zero-order valence-corrected chi connectivity index (χ0v) is 11.5. The summed E-state index contributed by atoms with van der Waals surface area (Å²) in [7, 11) is 0. The number of carbonyl (C=O) groups excluding carboxylic acids is 1. The summed E-state index contributed by atoms with van der Waals surface area (Å²) in [6, 6.07) is 9.01. The minimum atomic E-state index is -1.31. The van der Waals surface area contributed by atoms with Crippen molar-refractivity contribution in [1.29, 1.82) is 0 Å². The van der Waals surface area contributed by atoms with E-state index in [1.165, 1.54) is 42.5 Å². The van der Waals surface area contributed by atoms with E-state index < -0.39 is 29.4 Å². The maximum absolute atomic E-state index is 13.4.